The first-order valence-corrected chi connectivity index (χ1v) is 11.2. The highest BCUT2D eigenvalue weighted by molar-refractivity contribution is 7.92. The Morgan fingerprint density at radius 2 is 1.68 bits per heavy atom. The molecule has 1 atom stereocenters. The van der Waals surface area contributed by atoms with Crippen molar-refractivity contribution in [2.45, 2.75) is 24.8 Å². The van der Waals surface area contributed by atoms with Crippen molar-refractivity contribution < 1.29 is 23.1 Å². The van der Waals surface area contributed by atoms with E-state index in [0.717, 1.165) is 5.56 Å². The van der Waals surface area contributed by atoms with Crippen LogP contribution in [0.15, 0.2) is 71.6 Å². The number of ether oxygens (including phenoxy) is 1. The molecule has 31 heavy (non-hydrogen) atoms. The number of hydrogen-bond donors (Lipinski definition) is 3. The zero-order valence-corrected chi connectivity index (χ0v) is 18.4. The Kier molecular flexibility index (Phi) is 6.72. The number of carbonyl (C=O) groups excluding carboxylic acids is 1. The van der Waals surface area contributed by atoms with Crippen LogP contribution in [0.5, 0.6) is 11.5 Å². The summed E-state index contributed by atoms with van der Waals surface area (Å²) in [6.07, 6.45) is -0.880. The molecule has 0 aliphatic carbocycles. The van der Waals surface area contributed by atoms with E-state index in [1.54, 1.807) is 31.2 Å². The summed E-state index contributed by atoms with van der Waals surface area (Å²) in [4.78, 5) is 12.4. The highest BCUT2D eigenvalue weighted by Crippen LogP contribution is 2.28. The van der Waals surface area contributed by atoms with Gasteiger partial charge >= 0.3 is 0 Å². The van der Waals surface area contributed by atoms with Gasteiger partial charge < -0.3 is 15.2 Å². The number of phenolic OH excluding ortho intramolecular Hbond substituents is 1. The number of halogens is 1. The first-order valence-electron chi connectivity index (χ1n) is 9.29. The first-order chi connectivity index (χ1) is 14.6. The lowest BCUT2D eigenvalue weighted by Gasteiger charge is -2.16. The van der Waals surface area contributed by atoms with Gasteiger partial charge in [-0.1, -0.05) is 29.3 Å². The first kappa shape index (κ1) is 22.5. The molecule has 0 saturated carbocycles. The van der Waals surface area contributed by atoms with Crippen molar-refractivity contribution in [2.24, 2.45) is 0 Å². The number of nitrogens with one attached hydrogen (secondary N) is 2. The van der Waals surface area contributed by atoms with Gasteiger partial charge in [-0.3, -0.25) is 9.52 Å². The molecule has 0 fully saturated rings. The summed E-state index contributed by atoms with van der Waals surface area (Å²) in [5, 5.41) is 13.1. The fourth-order valence-corrected chi connectivity index (χ4v) is 3.83. The number of rotatable bonds is 7. The van der Waals surface area contributed by atoms with E-state index in [2.05, 4.69) is 10.0 Å². The lowest BCUT2D eigenvalue weighted by atomic mass is 10.2. The van der Waals surface area contributed by atoms with Crippen LogP contribution >= 0.6 is 11.6 Å². The molecule has 162 valence electrons. The van der Waals surface area contributed by atoms with E-state index in [0.29, 0.717) is 16.5 Å². The van der Waals surface area contributed by atoms with Gasteiger partial charge in [0.2, 0.25) is 0 Å². The van der Waals surface area contributed by atoms with Gasteiger partial charge in [0.15, 0.2) is 6.10 Å². The molecule has 0 aromatic heterocycles. The lowest BCUT2D eigenvalue weighted by Crippen LogP contribution is -2.30. The second-order valence-electron chi connectivity index (χ2n) is 6.85. The molecule has 1 amide bonds. The van der Waals surface area contributed by atoms with Gasteiger partial charge in [-0.2, -0.15) is 0 Å². The molecule has 0 bridgehead atoms. The minimum atomic E-state index is -3.96. The van der Waals surface area contributed by atoms with E-state index in [-0.39, 0.29) is 16.3 Å². The molecule has 9 heteroatoms. The van der Waals surface area contributed by atoms with Gasteiger partial charge in [0.05, 0.1) is 10.6 Å². The molecule has 0 aliphatic rings. The Labute approximate surface area is 185 Å². The van der Waals surface area contributed by atoms with Gasteiger partial charge in [0.25, 0.3) is 15.9 Å². The van der Waals surface area contributed by atoms with E-state index >= 15 is 0 Å². The predicted octanol–water partition coefficient (Wildman–Crippen LogP) is 4.56. The van der Waals surface area contributed by atoms with Crippen LogP contribution < -0.4 is 14.8 Å². The average Bonchev–Trinajstić information content (AvgIpc) is 2.72. The largest absolute Gasteiger partial charge is 0.506 e. The molecule has 0 saturated heterocycles. The molecular weight excluding hydrogens is 440 g/mol. The fraction of sp³-hybridized carbons (Fsp3) is 0.136. The highest BCUT2D eigenvalue weighted by atomic mass is 35.5. The van der Waals surface area contributed by atoms with Crippen molar-refractivity contribution >= 4 is 38.9 Å². The molecule has 3 aromatic rings. The number of aromatic hydroxyl groups is 1. The fourth-order valence-electron chi connectivity index (χ4n) is 2.62. The average molecular weight is 461 g/mol. The normalized spacial score (nSPS) is 12.1. The number of anilines is 2. The topological polar surface area (TPSA) is 105 Å². The van der Waals surface area contributed by atoms with Gasteiger partial charge in [-0.25, -0.2) is 8.42 Å². The molecule has 0 radical (unpaired) electrons. The number of aryl methyl sites for hydroxylation is 1. The Morgan fingerprint density at radius 3 is 2.32 bits per heavy atom. The molecule has 0 unspecified atom stereocenters. The molecule has 0 heterocycles. The van der Waals surface area contributed by atoms with Gasteiger partial charge in [-0.05, 0) is 68.4 Å². The third-order valence-electron chi connectivity index (χ3n) is 4.34. The standard InChI is InChI=1S/C22H21ClN2O5S/c1-14-3-9-18(10-4-14)30-15(2)22(27)24-20-13-19(11-12-21(20)26)31(28,29)25-17-7-5-16(23)6-8-17/h3-13,15,25-26H,1-2H3,(H,24,27)/t15-/m1/s1. The predicted molar refractivity (Wildman–Crippen MR) is 120 cm³/mol. The highest BCUT2D eigenvalue weighted by Gasteiger charge is 2.20. The lowest BCUT2D eigenvalue weighted by molar-refractivity contribution is -0.122. The van der Waals surface area contributed by atoms with Crippen molar-refractivity contribution in [1.29, 1.82) is 0 Å². The summed E-state index contributed by atoms with van der Waals surface area (Å²) in [5.41, 5.74) is 1.33. The summed E-state index contributed by atoms with van der Waals surface area (Å²) >= 11 is 5.81. The Morgan fingerprint density at radius 1 is 1.03 bits per heavy atom. The zero-order valence-electron chi connectivity index (χ0n) is 16.8. The number of hydrogen-bond acceptors (Lipinski definition) is 5. The maximum Gasteiger partial charge on any atom is 0.265 e. The van der Waals surface area contributed by atoms with Crippen molar-refractivity contribution in [3.05, 3.63) is 77.3 Å². The molecular formula is C22H21ClN2O5S. The number of phenols is 1. The third kappa shape index (κ3) is 5.90. The van der Waals surface area contributed by atoms with Gasteiger partial charge in [0, 0.05) is 10.7 Å². The summed E-state index contributed by atoms with van der Waals surface area (Å²) in [5.74, 6) is -0.307. The minimum Gasteiger partial charge on any atom is -0.506 e. The number of sulfonamides is 1. The van der Waals surface area contributed by atoms with Crippen molar-refractivity contribution in [3.63, 3.8) is 0 Å². The van der Waals surface area contributed by atoms with E-state index in [4.69, 9.17) is 16.3 Å². The van der Waals surface area contributed by atoms with E-state index in [1.807, 2.05) is 19.1 Å². The molecule has 3 aromatic carbocycles. The van der Waals surface area contributed by atoms with E-state index in [9.17, 15) is 18.3 Å². The van der Waals surface area contributed by atoms with Crippen molar-refractivity contribution in [3.8, 4) is 11.5 Å². The Balaban J connectivity index is 1.74. The maximum absolute atomic E-state index is 12.7. The summed E-state index contributed by atoms with van der Waals surface area (Å²) in [6.45, 7) is 3.49. The van der Waals surface area contributed by atoms with Crippen LogP contribution in [-0.4, -0.2) is 25.5 Å². The summed E-state index contributed by atoms with van der Waals surface area (Å²) < 4.78 is 33.4. The number of carbonyl (C=O) groups is 1. The number of amides is 1. The third-order valence-corrected chi connectivity index (χ3v) is 5.97. The molecule has 3 rings (SSSR count). The van der Waals surface area contributed by atoms with Crippen LogP contribution in [0.25, 0.3) is 0 Å². The Bertz CT molecular complexity index is 1180. The molecule has 0 aliphatic heterocycles. The van der Waals surface area contributed by atoms with Crippen LogP contribution in [0.2, 0.25) is 5.02 Å². The molecule has 0 spiro atoms. The van der Waals surface area contributed by atoms with Crippen LogP contribution in [0.1, 0.15) is 12.5 Å². The summed E-state index contributed by atoms with van der Waals surface area (Å²) in [6, 6.07) is 16.9. The Hall–Kier alpha value is -3.23. The monoisotopic (exact) mass is 460 g/mol. The van der Waals surface area contributed by atoms with E-state index < -0.39 is 22.0 Å². The number of benzene rings is 3. The van der Waals surface area contributed by atoms with Crippen LogP contribution in [0.4, 0.5) is 11.4 Å². The van der Waals surface area contributed by atoms with Crippen LogP contribution in [0.3, 0.4) is 0 Å². The maximum atomic E-state index is 12.7. The quantitative estimate of drug-likeness (QED) is 0.448. The van der Waals surface area contributed by atoms with Crippen LogP contribution in [-0.2, 0) is 14.8 Å². The SMILES string of the molecule is Cc1ccc(O[C@H](C)C(=O)Nc2cc(S(=O)(=O)Nc3ccc(Cl)cc3)ccc2O)cc1. The van der Waals surface area contributed by atoms with Gasteiger partial charge in [0.1, 0.15) is 11.5 Å². The van der Waals surface area contributed by atoms with E-state index in [1.165, 1.54) is 30.3 Å². The van der Waals surface area contributed by atoms with Crippen LogP contribution in [0, 0.1) is 6.92 Å². The van der Waals surface area contributed by atoms with Gasteiger partial charge in [-0.15, -0.1) is 0 Å². The van der Waals surface area contributed by atoms with Crippen molar-refractivity contribution in [1.82, 2.24) is 0 Å². The zero-order chi connectivity index (χ0) is 22.6. The molecule has 3 N–H and O–H groups in total. The second-order valence-corrected chi connectivity index (χ2v) is 8.97. The smallest absolute Gasteiger partial charge is 0.265 e. The second kappa shape index (κ2) is 9.28. The summed E-state index contributed by atoms with van der Waals surface area (Å²) in [7, 11) is -3.96. The van der Waals surface area contributed by atoms with Crippen molar-refractivity contribution in [2.75, 3.05) is 10.0 Å². The molecule has 7 nitrogen and oxygen atoms in total. The minimum absolute atomic E-state index is 0.0525.